The Morgan fingerprint density at radius 3 is 2.58 bits per heavy atom. The number of carbonyl (C=O) groups excluding carboxylic acids is 1. The van der Waals surface area contributed by atoms with Gasteiger partial charge in [0.15, 0.2) is 5.82 Å². The summed E-state index contributed by atoms with van der Waals surface area (Å²) in [6.07, 6.45) is 2.69. The molecule has 0 saturated carbocycles. The molecule has 134 valence electrons. The molecule has 9 nitrogen and oxygen atoms in total. The summed E-state index contributed by atoms with van der Waals surface area (Å²) in [7, 11) is 1.48. The van der Waals surface area contributed by atoms with Gasteiger partial charge in [-0.25, -0.2) is 0 Å². The van der Waals surface area contributed by atoms with Crippen molar-refractivity contribution in [1.82, 2.24) is 19.6 Å². The summed E-state index contributed by atoms with van der Waals surface area (Å²) in [5, 5.41) is 22.3. The minimum absolute atomic E-state index is 0.0885. The van der Waals surface area contributed by atoms with E-state index in [0.717, 1.165) is 11.8 Å². The van der Waals surface area contributed by atoms with Crippen LogP contribution in [-0.2, 0) is 13.6 Å². The van der Waals surface area contributed by atoms with Crippen LogP contribution in [-0.4, -0.2) is 30.4 Å². The summed E-state index contributed by atoms with van der Waals surface area (Å²) in [6.45, 7) is 0.413. The molecule has 0 aliphatic rings. The number of nitro groups is 1. The molecule has 3 rings (SSSR count). The first-order valence-corrected chi connectivity index (χ1v) is 8.06. The molecule has 1 N–H and O–H groups in total. The number of halogens is 2. The number of hydrogen-bond acceptors (Lipinski definition) is 5. The van der Waals surface area contributed by atoms with E-state index in [1.165, 1.54) is 16.4 Å². The van der Waals surface area contributed by atoms with Gasteiger partial charge in [0.05, 0.1) is 11.5 Å². The Balaban J connectivity index is 1.78. The summed E-state index contributed by atoms with van der Waals surface area (Å²) < 4.78 is 2.72. The molecular formula is C15H12Cl2N6O3. The highest BCUT2D eigenvalue weighted by molar-refractivity contribution is 6.33. The number of aromatic nitrogens is 4. The highest BCUT2D eigenvalue weighted by atomic mass is 35.5. The summed E-state index contributed by atoms with van der Waals surface area (Å²) in [6, 6.07) is 7.19. The maximum absolute atomic E-state index is 12.3. The van der Waals surface area contributed by atoms with Gasteiger partial charge in [0.1, 0.15) is 11.2 Å². The van der Waals surface area contributed by atoms with Crippen LogP contribution in [0.3, 0.4) is 0 Å². The van der Waals surface area contributed by atoms with Gasteiger partial charge in [0.25, 0.3) is 5.91 Å². The van der Waals surface area contributed by atoms with Crippen LogP contribution in [0.15, 0.2) is 36.7 Å². The van der Waals surface area contributed by atoms with Gasteiger partial charge in [0.2, 0.25) is 5.69 Å². The first-order chi connectivity index (χ1) is 12.3. The largest absolute Gasteiger partial charge is 0.320 e. The minimum atomic E-state index is -0.768. The first-order valence-electron chi connectivity index (χ1n) is 7.30. The van der Waals surface area contributed by atoms with Crippen LogP contribution in [0.5, 0.6) is 0 Å². The normalized spacial score (nSPS) is 10.7. The minimum Gasteiger partial charge on any atom is -0.302 e. The molecule has 2 heterocycles. The molecule has 0 aliphatic heterocycles. The quantitative estimate of drug-likeness (QED) is 0.528. The molecule has 2 aromatic heterocycles. The van der Waals surface area contributed by atoms with Crippen LogP contribution in [0, 0.1) is 10.1 Å². The van der Waals surface area contributed by atoms with Crippen LogP contribution in [0.2, 0.25) is 10.0 Å². The second kappa shape index (κ2) is 7.14. The zero-order valence-corrected chi connectivity index (χ0v) is 14.9. The van der Waals surface area contributed by atoms with Gasteiger partial charge in [-0.15, -0.1) is 0 Å². The fourth-order valence-electron chi connectivity index (χ4n) is 2.28. The Morgan fingerprint density at radius 1 is 1.23 bits per heavy atom. The molecule has 0 bridgehead atoms. The summed E-state index contributed by atoms with van der Waals surface area (Å²) >= 11 is 11.9. The predicted molar refractivity (Wildman–Crippen MR) is 95.6 cm³/mol. The molecule has 11 heteroatoms. The van der Waals surface area contributed by atoms with Gasteiger partial charge in [0, 0.05) is 18.3 Å². The molecule has 0 fully saturated rings. The number of benzene rings is 1. The number of hydrogen-bond donors (Lipinski definition) is 1. The maximum atomic E-state index is 12.3. The molecule has 0 saturated heterocycles. The number of amides is 1. The van der Waals surface area contributed by atoms with Crippen LogP contribution in [0.25, 0.3) is 0 Å². The summed E-state index contributed by atoms with van der Waals surface area (Å²) in [5.41, 5.74) is 0.217. The molecule has 0 atom stereocenters. The Labute approximate surface area is 157 Å². The van der Waals surface area contributed by atoms with Crippen LogP contribution >= 0.6 is 23.2 Å². The van der Waals surface area contributed by atoms with E-state index in [1.54, 1.807) is 18.3 Å². The van der Waals surface area contributed by atoms with E-state index in [1.807, 2.05) is 12.1 Å². The van der Waals surface area contributed by atoms with E-state index in [9.17, 15) is 14.9 Å². The van der Waals surface area contributed by atoms with Gasteiger partial charge in [-0.3, -0.25) is 24.3 Å². The average molecular weight is 395 g/mol. The van der Waals surface area contributed by atoms with Crippen molar-refractivity contribution in [3.8, 4) is 0 Å². The number of nitrogens with zero attached hydrogens (tertiary/aromatic N) is 5. The van der Waals surface area contributed by atoms with E-state index in [2.05, 4.69) is 15.5 Å². The van der Waals surface area contributed by atoms with Gasteiger partial charge in [-0.2, -0.15) is 10.2 Å². The Hall–Kier alpha value is -2.91. The monoisotopic (exact) mass is 394 g/mol. The van der Waals surface area contributed by atoms with E-state index < -0.39 is 16.5 Å². The summed E-state index contributed by atoms with van der Waals surface area (Å²) in [4.78, 5) is 22.6. The van der Waals surface area contributed by atoms with E-state index >= 15 is 0 Å². The van der Waals surface area contributed by atoms with E-state index in [-0.39, 0.29) is 16.5 Å². The van der Waals surface area contributed by atoms with Crippen LogP contribution in [0.4, 0.5) is 11.5 Å². The fraction of sp³-hybridized carbons (Fsp3) is 0.133. The smallest absolute Gasteiger partial charge is 0.302 e. The van der Waals surface area contributed by atoms with Gasteiger partial charge in [-0.1, -0.05) is 35.3 Å². The third-order valence-corrected chi connectivity index (χ3v) is 3.96. The number of anilines is 1. The van der Waals surface area contributed by atoms with Gasteiger partial charge >= 0.3 is 5.69 Å². The van der Waals surface area contributed by atoms with Crippen molar-refractivity contribution in [1.29, 1.82) is 0 Å². The van der Waals surface area contributed by atoms with Crippen LogP contribution < -0.4 is 5.32 Å². The Morgan fingerprint density at radius 2 is 1.92 bits per heavy atom. The third-order valence-electron chi connectivity index (χ3n) is 3.43. The van der Waals surface area contributed by atoms with Crippen LogP contribution in [0.1, 0.15) is 16.1 Å². The molecule has 0 radical (unpaired) electrons. The highest BCUT2D eigenvalue weighted by Gasteiger charge is 2.26. The van der Waals surface area contributed by atoms with E-state index in [0.29, 0.717) is 11.6 Å². The zero-order valence-electron chi connectivity index (χ0n) is 13.4. The van der Waals surface area contributed by atoms with E-state index in [4.69, 9.17) is 23.2 Å². The number of rotatable bonds is 5. The Bertz CT molecular complexity index is 980. The van der Waals surface area contributed by atoms with Crippen molar-refractivity contribution in [3.05, 3.63) is 68.1 Å². The molecule has 0 aliphatic carbocycles. The summed E-state index contributed by atoms with van der Waals surface area (Å²) in [5.74, 6) is -0.679. The van der Waals surface area contributed by atoms with Crippen molar-refractivity contribution < 1.29 is 9.72 Å². The van der Waals surface area contributed by atoms with Crippen molar-refractivity contribution in [2.45, 2.75) is 6.54 Å². The SMILES string of the molecule is Cn1cc([N+](=O)[O-])c(C(=O)Nc2nn(Cc3ccc(Cl)cc3)cc2Cl)n1. The standard InChI is InChI=1S/C15H12Cl2N6O3/c1-21-8-12(23(25)26)13(19-21)15(24)18-14-11(17)7-22(20-14)6-9-2-4-10(16)5-3-9/h2-5,7-8H,6H2,1H3,(H,18,20,24). The highest BCUT2D eigenvalue weighted by Crippen LogP contribution is 2.23. The van der Waals surface area contributed by atoms with Crippen molar-refractivity contribution >= 4 is 40.6 Å². The first kappa shape index (κ1) is 17.9. The lowest BCUT2D eigenvalue weighted by molar-refractivity contribution is -0.385. The number of carbonyl (C=O) groups is 1. The lowest BCUT2D eigenvalue weighted by Gasteiger charge is -2.02. The molecule has 3 aromatic rings. The molecular weight excluding hydrogens is 383 g/mol. The lowest BCUT2D eigenvalue weighted by atomic mass is 10.2. The zero-order chi connectivity index (χ0) is 18.8. The number of aryl methyl sites for hydroxylation is 1. The molecule has 26 heavy (non-hydrogen) atoms. The second-order valence-corrected chi connectivity index (χ2v) is 6.24. The topological polar surface area (TPSA) is 108 Å². The predicted octanol–water partition coefficient (Wildman–Crippen LogP) is 3.13. The second-order valence-electron chi connectivity index (χ2n) is 5.40. The molecule has 0 spiro atoms. The molecule has 1 amide bonds. The number of nitrogens with one attached hydrogen (secondary N) is 1. The van der Waals surface area contributed by atoms with Crippen molar-refractivity contribution in [3.63, 3.8) is 0 Å². The molecule has 0 unspecified atom stereocenters. The lowest BCUT2D eigenvalue weighted by Crippen LogP contribution is -2.15. The van der Waals surface area contributed by atoms with Crippen molar-refractivity contribution in [2.75, 3.05) is 5.32 Å². The maximum Gasteiger partial charge on any atom is 0.320 e. The fourth-order valence-corrected chi connectivity index (χ4v) is 2.60. The van der Waals surface area contributed by atoms with Gasteiger partial charge < -0.3 is 5.32 Å². The molecule has 1 aromatic carbocycles. The van der Waals surface area contributed by atoms with Gasteiger partial charge in [-0.05, 0) is 17.7 Å². The average Bonchev–Trinajstić information content (AvgIpc) is 3.13. The third kappa shape index (κ3) is 3.84. The Kier molecular flexibility index (Phi) is 4.92. The van der Waals surface area contributed by atoms with Crippen molar-refractivity contribution in [2.24, 2.45) is 7.05 Å².